The van der Waals surface area contributed by atoms with Gasteiger partial charge in [0.25, 0.3) is 0 Å². The van der Waals surface area contributed by atoms with Crippen LogP contribution >= 0.6 is 23.2 Å². The van der Waals surface area contributed by atoms with Crippen LogP contribution in [0.4, 0.5) is 5.69 Å². The van der Waals surface area contributed by atoms with Crippen LogP contribution in [-0.4, -0.2) is 57.6 Å². The minimum Gasteiger partial charge on any atom is -0.497 e. The van der Waals surface area contributed by atoms with Gasteiger partial charge in [0.1, 0.15) is 11.8 Å². The fourth-order valence-corrected chi connectivity index (χ4v) is 5.22. The first-order valence-electron chi connectivity index (χ1n) is 12.5. The summed E-state index contributed by atoms with van der Waals surface area (Å²) in [4.78, 5) is 28.1. The third kappa shape index (κ3) is 9.36. The molecular weight excluding hydrogens is 549 g/mol. The van der Waals surface area contributed by atoms with Crippen LogP contribution in [0.5, 0.6) is 5.75 Å². The summed E-state index contributed by atoms with van der Waals surface area (Å²) in [6.45, 7) is 6.59. The Kier molecular flexibility index (Phi) is 12.2. The summed E-state index contributed by atoms with van der Waals surface area (Å²) in [6.07, 6.45) is 1.84. The summed E-state index contributed by atoms with van der Waals surface area (Å²) in [5.74, 6) is 0.290. The Balaban J connectivity index is 2.25. The smallest absolute Gasteiger partial charge is 0.242 e. The number of sulfonamides is 1. The number of ether oxygens (including phenoxy) is 1. The van der Waals surface area contributed by atoms with E-state index in [4.69, 9.17) is 27.9 Å². The summed E-state index contributed by atoms with van der Waals surface area (Å²) >= 11 is 12.2. The fraction of sp³-hybridized carbons (Fsp3) is 0.481. The average molecular weight is 587 g/mol. The molecule has 11 heteroatoms. The van der Waals surface area contributed by atoms with Crippen molar-refractivity contribution in [2.24, 2.45) is 5.92 Å². The lowest BCUT2D eigenvalue weighted by atomic mass is 10.1. The van der Waals surface area contributed by atoms with Gasteiger partial charge in [-0.3, -0.25) is 13.9 Å². The highest BCUT2D eigenvalue weighted by atomic mass is 35.5. The molecule has 38 heavy (non-hydrogen) atoms. The van der Waals surface area contributed by atoms with Crippen LogP contribution in [0.3, 0.4) is 0 Å². The van der Waals surface area contributed by atoms with Crippen LogP contribution in [0.15, 0.2) is 42.5 Å². The van der Waals surface area contributed by atoms with Crippen molar-refractivity contribution in [2.45, 2.75) is 52.6 Å². The van der Waals surface area contributed by atoms with Gasteiger partial charge >= 0.3 is 0 Å². The Labute approximate surface area is 236 Å². The molecule has 0 aliphatic rings. The third-order valence-electron chi connectivity index (χ3n) is 5.90. The number of benzene rings is 2. The van der Waals surface area contributed by atoms with E-state index in [1.165, 1.54) is 16.3 Å². The monoisotopic (exact) mass is 585 g/mol. The summed E-state index contributed by atoms with van der Waals surface area (Å²) in [5, 5.41) is 3.68. The van der Waals surface area contributed by atoms with E-state index in [1.807, 2.05) is 20.8 Å². The predicted molar refractivity (Wildman–Crippen MR) is 153 cm³/mol. The maximum atomic E-state index is 13.5. The van der Waals surface area contributed by atoms with E-state index in [1.54, 1.807) is 42.5 Å². The number of nitrogens with zero attached hydrogens (tertiary/aromatic N) is 2. The second kappa shape index (κ2) is 14.6. The number of amides is 2. The molecular formula is C27H37Cl2N3O5S. The van der Waals surface area contributed by atoms with Crippen molar-refractivity contribution >= 4 is 50.7 Å². The van der Waals surface area contributed by atoms with Gasteiger partial charge < -0.3 is 15.0 Å². The van der Waals surface area contributed by atoms with Crippen molar-refractivity contribution in [3.8, 4) is 5.75 Å². The van der Waals surface area contributed by atoms with Crippen LogP contribution < -0.4 is 14.4 Å². The van der Waals surface area contributed by atoms with Crippen molar-refractivity contribution in [1.29, 1.82) is 0 Å². The molecule has 210 valence electrons. The normalized spacial score (nSPS) is 12.2. The molecule has 0 aliphatic heterocycles. The minimum atomic E-state index is -3.61. The van der Waals surface area contributed by atoms with Crippen molar-refractivity contribution in [3.05, 3.63) is 58.1 Å². The number of halogens is 2. The second-order valence-electron chi connectivity index (χ2n) is 9.47. The van der Waals surface area contributed by atoms with Gasteiger partial charge in [0.2, 0.25) is 21.8 Å². The highest BCUT2D eigenvalue weighted by molar-refractivity contribution is 7.92. The number of hydrogen-bond acceptors (Lipinski definition) is 5. The molecule has 1 N–H and O–H groups in total. The van der Waals surface area contributed by atoms with Crippen molar-refractivity contribution < 1.29 is 22.7 Å². The molecule has 8 nitrogen and oxygen atoms in total. The lowest BCUT2D eigenvalue weighted by Gasteiger charge is -2.31. The Hall–Kier alpha value is -2.49. The van der Waals surface area contributed by atoms with Gasteiger partial charge in [-0.15, -0.1) is 0 Å². The number of carbonyl (C=O) groups excluding carboxylic acids is 2. The molecule has 0 saturated carbocycles. The summed E-state index contributed by atoms with van der Waals surface area (Å²) < 4.78 is 31.5. The van der Waals surface area contributed by atoms with Crippen LogP contribution in [0.25, 0.3) is 0 Å². The molecule has 1 atom stereocenters. The summed E-state index contributed by atoms with van der Waals surface area (Å²) in [6, 6.07) is 11.1. The van der Waals surface area contributed by atoms with E-state index in [-0.39, 0.29) is 43.7 Å². The fourth-order valence-electron chi connectivity index (χ4n) is 3.95. The summed E-state index contributed by atoms with van der Waals surface area (Å²) in [7, 11) is -2.10. The first kappa shape index (κ1) is 31.7. The minimum absolute atomic E-state index is 0.0469. The topological polar surface area (TPSA) is 96.0 Å². The van der Waals surface area contributed by atoms with E-state index < -0.39 is 16.1 Å². The van der Waals surface area contributed by atoms with E-state index in [2.05, 4.69) is 5.32 Å². The van der Waals surface area contributed by atoms with Gasteiger partial charge in [-0.05, 0) is 48.6 Å². The molecule has 0 aromatic heterocycles. The number of anilines is 1. The molecule has 0 heterocycles. The number of carbonyl (C=O) groups is 2. The molecule has 2 amide bonds. The quantitative estimate of drug-likeness (QED) is 0.331. The average Bonchev–Trinajstić information content (AvgIpc) is 2.86. The lowest BCUT2D eigenvalue weighted by molar-refractivity contribution is -0.141. The highest BCUT2D eigenvalue weighted by Gasteiger charge is 2.29. The zero-order valence-electron chi connectivity index (χ0n) is 22.5. The Morgan fingerprint density at radius 3 is 2.37 bits per heavy atom. The van der Waals surface area contributed by atoms with E-state index >= 15 is 0 Å². The van der Waals surface area contributed by atoms with Gasteiger partial charge in [0, 0.05) is 32.1 Å². The van der Waals surface area contributed by atoms with Gasteiger partial charge in [-0.2, -0.15) is 0 Å². The molecule has 2 rings (SSSR count). The maximum Gasteiger partial charge on any atom is 0.242 e. The zero-order valence-corrected chi connectivity index (χ0v) is 24.9. The second-order valence-corrected chi connectivity index (χ2v) is 12.2. The number of hydrogen-bond donors (Lipinski definition) is 1. The molecule has 0 spiro atoms. The molecule has 0 saturated heterocycles. The zero-order chi connectivity index (χ0) is 28.5. The first-order valence-corrected chi connectivity index (χ1v) is 15.1. The number of rotatable bonds is 14. The molecule has 0 unspecified atom stereocenters. The Bertz CT molecular complexity index is 1210. The Morgan fingerprint density at radius 1 is 1.08 bits per heavy atom. The molecule has 2 aromatic rings. The van der Waals surface area contributed by atoms with Crippen LogP contribution in [-0.2, 0) is 26.2 Å². The van der Waals surface area contributed by atoms with Crippen LogP contribution in [0.1, 0.15) is 45.6 Å². The standard InChI is InChI=1S/C27H37Cl2N3O5S/c1-6-25(27(34)30-17-19(2)3)31(18-20-12-13-23(28)24(29)15-20)26(33)11-8-14-32(38(5,35)36)21-9-7-10-22(16-21)37-4/h7,9-10,12-13,15-16,19,25H,6,8,11,14,17-18H2,1-5H3,(H,30,34)/t25-/m1/s1. The molecule has 0 radical (unpaired) electrons. The third-order valence-corrected chi connectivity index (χ3v) is 7.83. The molecule has 0 bridgehead atoms. The van der Waals surface area contributed by atoms with Gasteiger partial charge in [0.15, 0.2) is 0 Å². The lowest BCUT2D eigenvalue weighted by Crippen LogP contribution is -2.49. The van der Waals surface area contributed by atoms with Gasteiger partial charge in [-0.25, -0.2) is 8.42 Å². The van der Waals surface area contributed by atoms with Crippen molar-refractivity contribution in [2.75, 3.05) is 30.8 Å². The molecule has 0 aliphatic carbocycles. The molecule has 2 aromatic carbocycles. The van der Waals surface area contributed by atoms with Gasteiger partial charge in [0.05, 0.1) is 29.1 Å². The van der Waals surface area contributed by atoms with E-state index in [9.17, 15) is 18.0 Å². The highest BCUT2D eigenvalue weighted by Crippen LogP contribution is 2.26. The first-order chi connectivity index (χ1) is 17.9. The number of methoxy groups -OCH3 is 1. The van der Waals surface area contributed by atoms with Crippen molar-refractivity contribution in [3.63, 3.8) is 0 Å². The largest absolute Gasteiger partial charge is 0.497 e. The molecule has 0 fully saturated rings. The van der Waals surface area contributed by atoms with Gasteiger partial charge in [-0.1, -0.05) is 56.1 Å². The van der Waals surface area contributed by atoms with Crippen molar-refractivity contribution in [1.82, 2.24) is 10.2 Å². The summed E-state index contributed by atoms with van der Waals surface area (Å²) in [5.41, 5.74) is 1.18. The van der Waals surface area contributed by atoms with Crippen LogP contribution in [0, 0.1) is 5.92 Å². The van der Waals surface area contributed by atoms with E-state index in [0.29, 0.717) is 34.4 Å². The van der Waals surface area contributed by atoms with Crippen LogP contribution in [0.2, 0.25) is 10.0 Å². The predicted octanol–water partition coefficient (Wildman–Crippen LogP) is 5.13. The number of nitrogens with one attached hydrogen (secondary N) is 1. The van der Waals surface area contributed by atoms with E-state index in [0.717, 1.165) is 11.8 Å². The maximum absolute atomic E-state index is 13.5. The Morgan fingerprint density at radius 2 is 1.79 bits per heavy atom. The SMILES string of the molecule is CC[C@H](C(=O)NCC(C)C)N(Cc1ccc(Cl)c(Cl)c1)C(=O)CCCN(c1cccc(OC)c1)S(C)(=O)=O.